The molecule has 0 spiro atoms. The van der Waals surface area contributed by atoms with Crippen LogP contribution in [0.4, 0.5) is 13.2 Å². The van der Waals surface area contributed by atoms with Crippen molar-refractivity contribution in [2.24, 2.45) is 0 Å². The maximum absolute atomic E-state index is 12.4. The van der Waals surface area contributed by atoms with Crippen LogP contribution in [-0.4, -0.2) is 18.4 Å². The van der Waals surface area contributed by atoms with E-state index in [4.69, 9.17) is 0 Å². The van der Waals surface area contributed by atoms with Crippen LogP contribution in [0.5, 0.6) is 0 Å². The van der Waals surface area contributed by atoms with Crippen LogP contribution in [0.15, 0.2) is 24.3 Å². The van der Waals surface area contributed by atoms with Gasteiger partial charge in [0.1, 0.15) is 0 Å². The van der Waals surface area contributed by atoms with Crippen LogP contribution in [0, 0.1) is 0 Å². The van der Waals surface area contributed by atoms with Crippen LogP contribution in [0.1, 0.15) is 11.1 Å². The molecule has 0 radical (unpaired) electrons. The molecule has 0 aliphatic rings. The van der Waals surface area contributed by atoms with E-state index in [1.807, 2.05) is 0 Å². The van der Waals surface area contributed by atoms with Gasteiger partial charge >= 0.3 is 92.4 Å². The zero-order chi connectivity index (χ0) is 11.7. The molecule has 0 nitrogen and oxygen atoms in total. The second-order valence-corrected chi connectivity index (χ2v) is 20.6. The minimum absolute atomic E-state index is 0.532. The van der Waals surface area contributed by atoms with Gasteiger partial charge in [-0.05, 0) is 0 Å². The number of benzene rings is 1. The average molecular weight is 323 g/mol. The summed E-state index contributed by atoms with van der Waals surface area (Å²) in [5, 5.41) is 0. The van der Waals surface area contributed by atoms with Gasteiger partial charge in [0.15, 0.2) is 0 Å². The topological polar surface area (TPSA) is 0 Å². The van der Waals surface area contributed by atoms with E-state index in [0.717, 1.165) is 16.1 Å². The van der Waals surface area contributed by atoms with Crippen molar-refractivity contribution in [2.45, 2.75) is 25.4 Å². The number of hydrogen-bond acceptors (Lipinski definition) is 0. The Hall–Kier alpha value is -0.191. The van der Waals surface area contributed by atoms with Crippen molar-refractivity contribution in [1.29, 1.82) is 0 Å². The predicted octanol–water partition coefficient (Wildman–Crippen LogP) is 4.13. The van der Waals surface area contributed by atoms with Crippen LogP contribution < -0.4 is 0 Å². The van der Waals surface area contributed by atoms with E-state index in [2.05, 4.69) is 14.8 Å². The predicted molar refractivity (Wildman–Crippen MR) is 58.5 cm³/mol. The Morgan fingerprint density at radius 2 is 1.73 bits per heavy atom. The van der Waals surface area contributed by atoms with Crippen molar-refractivity contribution >= 4 is 18.4 Å². The molecule has 0 aliphatic heterocycles. The summed E-state index contributed by atoms with van der Waals surface area (Å²) in [6.07, 6.45) is -4.22. The Kier molecular flexibility index (Phi) is 3.74. The zero-order valence-electron chi connectivity index (χ0n) is 9.15. The molecule has 0 amide bonds. The van der Waals surface area contributed by atoms with Crippen molar-refractivity contribution < 1.29 is 13.2 Å². The summed E-state index contributed by atoms with van der Waals surface area (Å²) in [6, 6.07) is 5.69. The van der Waals surface area contributed by atoms with Crippen molar-refractivity contribution in [1.82, 2.24) is 0 Å². The van der Waals surface area contributed by atoms with Crippen LogP contribution >= 0.6 is 0 Å². The Labute approximate surface area is 92.4 Å². The number of halogens is 3. The van der Waals surface area contributed by atoms with E-state index in [1.54, 1.807) is 6.07 Å². The zero-order valence-corrected chi connectivity index (χ0v) is 12.0. The molecule has 1 aromatic carbocycles. The SMILES string of the molecule is [CH3][Sn]([CH3])([CH3])[CH2]c1cccc(C(F)(F)F)c1. The van der Waals surface area contributed by atoms with Gasteiger partial charge < -0.3 is 0 Å². The van der Waals surface area contributed by atoms with Gasteiger partial charge in [0.2, 0.25) is 0 Å². The molecule has 0 aliphatic carbocycles. The Morgan fingerprint density at radius 1 is 1.13 bits per heavy atom. The van der Waals surface area contributed by atoms with Crippen molar-refractivity contribution in [2.75, 3.05) is 0 Å². The van der Waals surface area contributed by atoms with E-state index in [1.165, 1.54) is 12.1 Å². The summed E-state index contributed by atoms with van der Waals surface area (Å²) in [5.41, 5.74) is 0.295. The first-order chi connectivity index (χ1) is 6.68. The van der Waals surface area contributed by atoms with Crippen molar-refractivity contribution in [3.05, 3.63) is 35.4 Å². The molecular weight excluding hydrogens is 308 g/mol. The van der Waals surface area contributed by atoms with Gasteiger partial charge in [0, 0.05) is 0 Å². The third kappa shape index (κ3) is 4.45. The molecule has 1 aromatic rings. The van der Waals surface area contributed by atoms with Gasteiger partial charge in [-0.15, -0.1) is 0 Å². The Morgan fingerprint density at radius 3 is 2.20 bits per heavy atom. The molecule has 15 heavy (non-hydrogen) atoms. The van der Waals surface area contributed by atoms with Crippen molar-refractivity contribution in [3.8, 4) is 0 Å². The second-order valence-electron chi connectivity index (χ2n) is 4.94. The molecule has 0 saturated carbocycles. The summed E-state index contributed by atoms with van der Waals surface area (Å²) >= 11 is -2.04. The fourth-order valence-electron chi connectivity index (χ4n) is 1.47. The molecule has 0 fully saturated rings. The van der Waals surface area contributed by atoms with Crippen LogP contribution in [0.3, 0.4) is 0 Å². The van der Waals surface area contributed by atoms with Gasteiger partial charge in [-0.25, -0.2) is 0 Å². The molecule has 0 N–H and O–H groups in total. The van der Waals surface area contributed by atoms with Crippen LogP contribution in [0.2, 0.25) is 14.8 Å². The summed E-state index contributed by atoms with van der Waals surface area (Å²) in [5.74, 6) is 0. The monoisotopic (exact) mass is 324 g/mol. The fourth-order valence-corrected chi connectivity index (χ4v) is 5.59. The Bertz CT molecular complexity index is 336. The summed E-state index contributed by atoms with van der Waals surface area (Å²) < 4.78 is 38.1. The van der Waals surface area contributed by atoms with Gasteiger partial charge in [-0.2, -0.15) is 0 Å². The molecule has 84 valence electrons. The number of alkyl halides is 3. The standard InChI is InChI=1S/C8H6F3.3CH3.Sn/c1-6-3-2-4-7(5-6)8(9,10)11;;;;/h2-5H,1H2;3*1H3;. The average Bonchev–Trinajstić information content (AvgIpc) is 1.99. The first-order valence-corrected chi connectivity index (χ1v) is 15.4. The molecular formula is C11H15F3Sn. The third-order valence-corrected chi connectivity index (χ3v) is 6.18. The minimum atomic E-state index is -4.22. The number of rotatable bonds is 2. The maximum atomic E-state index is 12.4. The first-order valence-electron chi connectivity index (χ1n) is 4.85. The van der Waals surface area contributed by atoms with E-state index in [0.29, 0.717) is 0 Å². The summed E-state index contributed by atoms with van der Waals surface area (Å²) in [7, 11) is 0. The van der Waals surface area contributed by atoms with E-state index < -0.39 is 30.1 Å². The normalized spacial score (nSPS) is 12.9. The molecule has 0 atom stereocenters. The molecule has 0 bridgehead atoms. The second kappa shape index (κ2) is 4.35. The molecule has 0 heterocycles. The number of hydrogen-bond donors (Lipinski definition) is 0. The molecule has 1 rings (SSSR count). The molecule has 0 unspecified atom stereocenters. The Balaban J connectivity index is 2.94. The first kappa shape index (κ1) is 12.9. The van der Waals surface area contributed by atoms with Gasteiger partial charge in [-0.3, -0.25) is 0 Å². The van der Waals surface area contributed by atoms with Crippen LogP contribution in [-0.2, 0) is 10.6 Å². The van der Waals surface area contributed by atoms with Gasteiger partial charge in [-0.1, -0.05) is 0 Å². The summed E-state index contributed by atoms with van der Waals surface area (Å²) in [4.78, 5) is 6.65. The van der Waals surface area contributed by atoms with Gasteiger partial charge in [0.25, 0.3) is 0 Å². The molecule has 0 aromatic heterocycles. The van der Waals surface area contributed by atoms with E-state index in [9.17, 15) is 13.2 Å². The molecule has 4 heteroatoms. The summed E-state index contributed by atoms with van der Waals surface area (Å²) in [6.45, 7) is 0. The van der Waals surface area contributed by atoms with E-state index >= 15 is 0 Å². The fraction of sp³-hybridized carbons (Fsp3) is 0.455. The van der Waals surface area contributed by atoms with Crippen molar-refractivity contribution in [3.63, 3.8) is 0 Å². The van der Waals surface area contributed by atoms with Gasteiger partial charge in [0.05, 0.1) is 0 Å². The van der Waals surface area contributed by atoms with E-state index in [-0.39, 0.29) is 0 Å². The quantitative estimate of drug-likeness (QED) is 0.718. The van der Waals surface area contributed by atoms with Crippen LogP contribution in [0.25, 0.3) is 0 Å². The third-order valence-electron chi connectivity index (χ3n) is 1.99. The molecule has 0 saturated heterocycles.